The highest BCUT2D eigenvalue weighted by Gasteiger charge is 2.41. The number of fused-ring (bicyclic) bond motifs is 1. The molecule has 1 atom stereocenters. The van der Waals surface area contributed by atoms with Crippen LogP contribution in [0.15, 0.2) is 60.7 Å². The van der Waals surface area contributed by atoms with Crippen LogP contribution >= 0.6 is 0 Å². The Bertz CT molecular complexity index is 1340. The molecule has 2 aliphatic heterocycles. The van der Waals surface area contributed by atoms with Crippen LogP contribution in [0, 0.1) is 17.0 Å². The molecule has 1 aliphatic carbocycles. The van der Waals surface area contributed by atoms with Crippen molar-refractivity contribution in [2.24, 2.45) is 5.41 Å². The highest BCUT2D eigenvalue weighted by Crippen LogP contribution is 2.43. The molecule has 3 aromatic rings. The molecule has 3 aromatic carbocycles. The minimum absolute atomic E-state index is 0.0918. The molecule has 1 N–H and O–H groups in total. The summed E-state index contributed by atoms with van der Waals surface area (Å²) in [4.78, 5) is 1.47. The molecule has 0 amide bonds. The molecule has 218 valence electrons. The molecule has 2 heterocycles. The van der Waals surface area contributed by atoms with Gasteiger partial charge < -0.3 is 14.8 Å². The third-order valence-electron chi connectivity index (χ3n) is 8.79. The summed E-state index contributed by atoms with van der Waals surface area (Å²) in [5.74, 6) is -3.84. The summed E-state index contributed by atoms with van der Waals surface area (Å²) in [6.07, 6.45) is 4.13. The summed E-state index contributed by atoms with van der Waals surface area (Å²) in [5, 5.41) is 3.33. The van der Waals surface area contributed by atoms with E-state index in [1.165, 1.54) is 17.0 Å². The summed E-state index contributed by atoms with van der Waals surface area (Å²) in [6, 6.07) is 16.5. The number of halogens is 4. The van der Waals surface area contributed by atoms with E-state index in [-0.39, 0.29) is 24.0 Å². The van der Waals surface area contributed by atoms with E-state index in [1.807, 2.05) is 36.4 Å². The number of benzene rings is 3. The topological polar surface area (TPSA) is 33.7 Å². The van der Waals surface area contributed by atoms with Gasteiger partial charge in [0, 0.05) is 44.3 Å². The van der Waals surface area contributed by atoms with Gasteiger partial charge in [0.25, 0.3) is 5.92 Å². The molecule has 0 bridgehead atoms. The Kier molecular flexibility index (Phi) is 7.72. The van der Waals surface area contributed by atoms with Gasteiger partial charge in [-0.1, -0.05) is 36.4 Å². The lowest BCUT2D eigenvalue weighted by atomic mass is 9.69. The van der Waals surface area contributed by atoms with Gasteiger partial charge >= 0.3 is 0 Å². The van der Waals surface area contributed by atoms with Crippen molar-refractivity contribution in [3.63, 3.8) is 0 Å². The molecule has 1 spiro atoms. The zero-order chi connectivity index (χ0) is 28.6. The Morgan fingerprint density at radius 2 is 1.66 bits per heavy atom. The van der Waals surface area contributed by atoms with Gasteiger partial charge in [0.05, 0.1) is 18.7 Å². The van der Waals surface area contributed by atoms with Crippen LogP contribution in [-0.4, -0.2) is 43.1 Å². The molecule has 1 unspecified atom stereocenters. The van der Waals surface area contributed by atoms with Gasteiger partial charge in [-0.15, -0.1) is 0 Å². The Balaban J connectivity index is 1.25. The molecular formula is C33H36F4N2O2. The second kappa shape index (κ2) is 11.3. The maximum Gasteiger partial charge on any atom is 0.257 e. The van der Waals surface area contributed by atoms with Gasteiger partial charge in [0.15, 0.2) is 0 Å². The zero-order valence-electron chi connectivity index (χ0n) is 23.3. The molecule has 3 aliphatic rings. The normalized spacial score (nSPS) is 20.9. The first-order chi connectivity index (χ1) is 19.7. The quantitative estimate of drug-likeness (QED) is 0.295. The fraction of sp³-hybridized carbons (Fsp3) is 0.455. The molecule has 1 saturated heterocycles. The molecule has 6 rings (SSSR count). The standard InChI is InChI=1S/C33H36F4N2O2/c1-32(36,37)21-39-14-11-23-15-25(40-18-22-5-3-2-4-6-22)7-8-27(23)31(39)30-28(34)16-26(17-29(30)35)41-24-9-12-33(13-10-24)19-38-20-33/h2-8,15-17,24,31,38H,9-14,18-21H2,1H3. The van der Waals surface area contributed by atoms with Gasteiger partial charge in [0.2, 0.25) is 0 Å². The number of nitrogens with zero attached hydrogens (tertiary/aromatic N) is 1. The summed E-state index contributed by atoms with van der Waals surface area (Å²) in [6.45, 7) is 2.87. The monoisotopic (exact) mass is 568 g/mol. The van der Waals surface area contributed by atoms with Crippen molar-refractivity contribution in [1.29, 1.82) is 0 Å². The first kappa shape index (κ1) is 28.0. The second-order valence-corrected chi connectivity index (χ2v) is 12.0. The third-order valence-corrected chi connectivity index (χ3v) is 8.79. The third kappa shape index (κ3) is 6.24. The van der Waals surface area contributed by atoms with Crippen molar-refractivity contribution < 1.29 is 27.0 Å². The van der Waals surface area contributed by atoms with E-state index < -0.39 is 30.1 Å². The van der Waals surface area contributed by atoms with Crippen LogP contribution in [0.25, 0.3) is 0 Å². The highest BCUT2D eigenvalue weighted by molar-refractivity contribution is 5.46. The lowest BCUT2D eigenvalue weighted by molar-refractivity contribution is -0.0246. The van der Waals surface area contributed by atoms with Crippen molar-refractivity contribution in [3.05, 3.63) is 94.6 Å². The van der Waals surface area contributed by atoms with Gasteiger partial charge in [-0.2, -0.15) is 0 Å². The van der Waals surface area contributed by atoms with Crippen molar-refractivity contribution in [1.82, 2.24) is 10.2 Å². The van der Waals surface area contributed by atoms with E-state index in [0.717, 1.165) is 56.8 Å². The predicted octanol–water partition coefficient (Wildman–Crippen LogP) is 7.06. The minimum Gasteiger partial charge on any atom is -0.490 e. The summed E-state index contributed by atoms with van der Waals surface area (Å²) >= 11 is 0. The molecule has 0 radical (unpaired) electrons. The molecule has 1 saturated carbocycles. The van der Waals surface area contributed by atoms with E-state index in [0.29, 0.717) is 29.8 Å². The number of rotatable bonds is 8. The van der Waals surface area contributed by atoms with Crippen LogP contribution < -0.4 is 14.8 Å². The van der Waals surface area contributed by atoms with Crippen molar-refractivity contribution >= 4 is 0 Å². The maximum atomic E-state index is 15.8. The molecule has 2 fully saturated rings. The fourth-order valence-corrected chi connectivity index (χ4v) is 6.59. The van der Waals surface area contributed by atoms with Crippen LogP contribution in [0.1, 0.15) is 60.9 Å². The lowest BCUT2D eigenvalue weighted by Crippen LogP contribution is -2.55. The number of hydrogen-bond acceptors (Lipinski definition) is 4. The number of alkyl halides is 2. The summed E-state index contributed by atoms with van der Waals surface area (Å²) in [5.41, 5.74) is 2.57. The summed E-state index contributed by atoms with van der Waals surface area (Å²) < 4.78 is 72.0. The number of ether oxygens (including phenoxy) is 2. The largest absolute Gasteiger partial charge is 0.490 e. The van der Waals surface area contributed by atoms with Gasteiger partial charge in [-0.25, -0.2) is 17.6 Å². The zero-order valence-corrected chi connectivity index (χ0v) is 23.3. The van der Waals surface area contributed by atoms with Crippen LogP contribution in [0.2, 0.25) is 0 Å². The van der Waals surface area contributed by atoms with Crippen LogP contribution in [0.5, 0.6) is 11.5 Å². The maximum absolute atomic E-state index is 15.8. The Labute approximate surface area is 238 Å². The van der Waals surface area contributed by atoms with Gasteiger partial charge in [-0.3, -0.25) is 4.90 Å². The van der Waals surface area contributed by atoms with E-state index in [9.17, 15) is 8.78 Å². The molecular weight excluding hydrogens is 532 g/mol. The van der Waals surface area contributed by atoms with Crippen LogP contribution in [0.3, 0.4) is 0 Å². The van der Waals surface area contributed by atoms with Gasteiger partial charge in [0.1, 0.15) is 29.7 Å². The molecule has 41 heavy (non-hydrogen) atoms. The van der Waals surface area contributed by atoms with Crippen LogP contribution in [0.4, 0.5) is 17.6 Å². The number of hydrogen-bond donors (Lipinski definition) is 1. The Hall–Kier alpha value is -3.10. The Morgan fingerprint density at radius 1 is 0.951 bits per heavy atom. The average molecular weight is 569 g/mol. The predicted molar refractivity (Wildman–Crippen MR) is 150 cm³/mol. The average Bonchev–Trinajstić information content (AvgIpc) is 2.92. The van der Waals surface area contributed by atoms with Crippen molar-refractivity contribution in [2.45, 2.75) is 63.7 Å². The lowest BCUT2D eigenvalue weighted by Gasteiger charge is -2.47. The van der Waals surface area contributed by atoms with Crippen LogP contribution in [-0.2, 0) is 13.0 Å². The van der Waals surface area contributed by atoms with E-state index in [4.69, 9.17) is 9.47 Å². The van der Waals surface area contributed by atoms with E-state index >= 15 is 8.78 Å². The smallest absolute Gasteiger partial charge is 0.257 e. The van der Waals surface area contributed by atoms with Crippen molar-refractivity contribution in [2.75, 3.05) is 26.2 Å². The Morgan fingerprint density at radius 3 is 2.29 bits per heavy atom. The minimum atomic E-state index is -3.03. The molecule has 8 heteroatoms. The molecule has 0 aromatic heterocycles. The second-order valence-electron chi connectivity index (χ2n) is 12.0. The van der Waals surface area contributed by atoms with E-state index in [2.05, 4.69) is 5.32 Å². The number of nitrogens with one attached hydrogen (secondary N) is 1. The van der Waals surface area contributed by atoms with E-state index in [1.54, 1.807) is 12.1 Å². The van der Waals surface area contributed by atoms with Crippen molar-refractivity contribution in [3.8, 4) is 11.5 Å². The first-order valence-electron chi connectivity index (χ1n) is 14.5. The first-order valence-corrected chi connectivity index (χ1v) is 14.5. The van der Waals surface area contributed by atoms with Gasteiger partial charge in [-0.05, 0) is 66.3 Å². The SMILES string of the molecule is CC(F)(F)CN1CCc2cc(OCc3ccccc3)ccc2C1c1c(F)cc(OC2CCC3(CC2)CNC3)cc1F. The highest BCUT2D eigenvalue weighted by atomic mass is 19.3. The fourth-order valence-electron chi connectivity index (χ4n) is 6.59. The molecule has 4 nitrogen and oxygen atoms in total. The summed E-state index contributed by atoms with van der Waals surface area (Å²) in [7, 11) is 0.